The lowest BCUT2D eigenvalue weighted by atomic mass is 9.98. The minimum atomic E-state index is -1.01. The maximum atomic E-state index is 12.7. The van der Waals surface area contributed by atoms with Gasteiger partial charge in [0.25, 0.3) is 5.91 Å². The SMILES string of the molecule is O=C(Nc1ccc(C(=O)N2CSC[C@H]2C(=O)O)cc1)OCC1c2ccccc2-c2ccccc21. The van der Waals surface area contributed by atoms with Crippen LogP contribution in [0.4, 0.5) is 10.5 Å². The number of carbonyl (C=O) groups excluding carboxylic acids is 2. The van der Waals surface area contributed by atoms with E-state index in [1.807, 2.05) is 24.3 Å². The Morgan fingerprint density at radius 1 is 0.941 bits per heavy atom. The number of rotatable bonds is 5. The van der Waals surface area contributed by atoms with Crippen LogP contribution in [-0.2, 0) is 9.53 Å². The smallest absolute Gasteiger partial charge is 0.411 e. The molecule has 2 amide bonds. The number of nitrogens with one attached hydrogen (secondary N) is 1. The minimum Gasteiger partial charge on any atom is -0.480 e. The van der Waals surface area contributed by atoms with Crippen LogP contribution >= 0.6 is 11.8 Å². The molecule has 3 aromatic carbocycles. The van der Waals surface area contributed by atoms with Crippen LogP contribution in [0.3, 0.4) is 0 Å². The van der Waals surface area contributed by atoms with Crippen LogP contribution in [0.25, 0.3) is 11.1 Å². The Morgan fingerprint density at radius 2 is 1.56 bits per heavy atom. The van der Waals surface area contributed by atoms with Gasteiger partial charge in [0.2, 0.25) is 0 Å². The molecule has 0 unspecified atom stereocenters. The van der Waals surface area contributed by atoms with Gasteiger partial charge in [-0.25, -0.2) is 9.59 Å². The van der Waals surface area contributed by atoms with Gasteiger partial charge < -0.3 is 14.7 Å². The van der Waals surface area contributed by atoms with Gasteiger partial charge in [0, 0.05) is 22.9 Å². The van der Waals surface area contributed by atoms with E-state index in [0.29, 0.717) is 22.9 Å². The highest BCUT2D eigenvalue weighted by molar-refractivity contribution is 7.99. The number of benzene rings is 3. The minimum absolute atomic E-state index is 0.0290. The second-order valence-electron chi connectivity index (χ2n) is 8.16. The predicted molar refractivity (Wildman–Crippen MR) is 130 cm³/mol. The number of carbonyl (C=O) groups is 3. The number of carboxylic acid groups (broad SMARTS) is 1. The summed E-state index contributed by atoms with van der Waals surface area (Å²) in [5.74, 6) is -0.659. The molecule has 0 bridgehead atoms. The molecule has 0 aromatic heterocycles. The normalized spacial score (nSPS) is 16.6. The van der Waals surface area contributed by atoms with Gasteiger partial charge >= 0.3 is 12.1 Å². The maximum Gasteiger partial charge on any atom is 0.411 e. The molecule has 1 saturated heterocycles. The fourth-order valence-corrected chi connectivity index (χ4v) is 5.61. The van der Waals surface area contributed by atoms with Crippen molar-refractivity contribution >= 4 is 35.4 Å². The quantitative estimate of drug-likeness (QED) is 0.559. The van der Waals surface area contributed by atoms with Crippen molar-refractivity contribution in [3.63, 3.8) is 0 Å². The third-order valence-electron chi connectivity index (χ3n) is 6.15. The van der Waals surface area contributed by atoms with Crippen LogP contribution in [0, 0.1) is 0 Å². The number of anilines is 1. The number of thioether (sulfide) groups is 1. The van der Waals surface area contributed by atoms with E-state index in [0.717, 1.165) is 22.3 Å². The first-order valence-electron chi connectivity index (χ1n) is 10.9. The van der Waals surface area contributed by atoms with Crippen LogP contribution in [0.15, 0.2) is 72.8 Å². The van der Waals surface area contributed by atoms with E-state index < -0.39 is 18.1 Å². The Morgan fingerprint density at radius 3 is 2.18 bits per heavy atom. The van der Waals surface area contributed by atoms with E-state index in [1.165, 1.54) is 16.7 Å². The summed E-state index contributed by atoms with van der Waals surface area (Å²) in [6.07, 6.45) is -0.581. The van der Waals surface area contributed by atoms with Crippen LogP contribution < -0.4 is 5.32 Å². The highest BCUT2D eigenvalue weighted by Gasteiger charge is 2.35. The van der Waals surface area contributed by atoms with Crippen LogP contribution in [0.2, 0.25) is 0 Å². The summed E-state index contributed by atoms with van der Waals surface area (Å²) in [6, 6.07) is 21.8. The first-order valence-corrected chi connectivity index (χ1v) is 12.0. The van der Waals surface area contributed by atoms with Crippen molar-refractivity contribution in [2.24, 2.45) is 0 Å². The number of ether oxygens (including phenoxy) is 1. The van der Waals surface area contributed by atoms with E-state index in [1.54, 1.807) is 24.3 Å². The van der Waals surface area contributed by atoms with Gasteiger partial charge in [0.1, 0.15) is 12.6 Å². The summed E-state index contributed by atoms with van der Waals surface area (Å²) in [5.41, 5.74) is 5.45. The van der Waals surface area contributed by atoms with Crippen LogP contribution in [0.1, 0.15) is 27.4 Å². The van der Waals surface area contributed by atoms with Gasteiger partial charge in [-0.15, -0.1) is 11.8 Å². The molecule has 0 spiro atoms. The van der Waals surface area contributed by atoms with Gasteiger partial charge in [-0.2, -0.15) is 0 Å². The average Bonchev–Trinajstić information content (AvgIpc) is 3.46. The van der Waals surface area contributed by atoms with Crippen molar-refractivity contribution in [2.45, 2.75) is 12.0 Å². The third kappa shape index (κ3) is 4.12. The molecule has 0 radical (unpaired) electrons. The zero-order valence-electron chi connectivity index (χ0n) is 18.1. The van der Waals surface area contributed by atoms with Gasteiger partial charge in [-0.3, -0.25) is 10.1 Å². The Hall–Kier alpha value is -3.78. The largest absolute Gasteiger partial charge is 0.480 e. The Balaban J connectivity index is 1.21. The fraction of sp³-hybridized carbons (Fsp3) is 0.192. The number of amides is 2. The molecule has 1 heterocycles. The lowest BCUT2D eigenvalue weighted by Crippen LogP contribution is -2.41. The van der Waals surface area contributed by atoms with E-state index in [4.69, 9.17) is 4.74 Å². The molecule has 1 aliphatic heterocycles. The summed E-state index contributed by atoms with van der Waals surface area (Å²) in [6.45, 7) is 0.208. The van der Waals surface area contributed by atoms with Gasteiger partial charge in [0.15, 0.2) is 0 Å². The Kier molecular flexibility index (Phi) is 5.98. The predicted octanol–water partition coefficient (Wildman–Crippen LogP) is 4.65. The summed E-state index contributed by atoms with van der Waals surface area (Å²) < 4.78 is 5.55. The molecule has 34 heavy (non-hydrogen) atoms. The fourth-order valence-electron chi connectivity index (χ4n) is 4.46. The monoisotopic (exact) mass is 474 g/mol. The first kappa shape index (κ1) is 22.0. The highest BCUT2D eigenvalue weighted by Crippen LogP contribution is 2.44. The second-order valence-corrected chi connectivity index (χ2v) is 9.16. The van der Waals surface area contributed by atoms with Crippen molar-refractivity contribution in [3.05, 3.63) is 89.5 Å². The molecule has 3 aromatic rings. The molecule has 0 saturated carbocycles. The lowest BCUT2D eigenvalue weighted by molar-refractivity contribution is -0.140. The van der Waals surface area contributed by atoms with Crippen molar-refractivity contribution in [1.29, 1.82) is 0 Å². The molecule has 2 N–H and O–H groups in total. The molecule has 5 rings (SSSR count). The van der Waals surface area contributed by atoms with Crippen molar-refractivity contribution in [3.8, 4) is 11.1 Å². The molecule has 2 aliphatic rings. The molecule has 172 valence electrons. The van der Waals surface area contributed by atoms with E-state index in [-0.39, 0.29) is 18.4 Å². The number of carboxylic acids is 1. The Bertz CT molecular complexity index is 1210. The number of hydrogen-bond acceptors (Lipinski definition) is 5. The van der Waals surface area contributed by atoms with Crippen molar-refractivity contribution in [2.75, 3.05) is 23.6 Å². The van der Waals surface area contributed by atoms with Gasteiger partial charge in [0.05, 0.1) is 5.88 Å². The maximum absolute atomic E-state index is 12.7. The van der Waals surface area contributed by atoms with Crippen LogP contribution in [0.5, 0.6) is 0 Å². The van der Waals surface area contributed by atoms with Gasteiger partial charge in [-0.05, 0) is 46.5 Å². The molecule has 8 heteroatoms. The number of aliphatic carboxylic acids is 1. The van der Waals surface area contributed by atoms with Crippen molar-refractivity contribution in [1.82, 2.24) is 4.90 Å². The molecule has 1 fully saturated rings. The number of hydrogen-bond donors (Lipinski definition) is 2. The summed E-state index contributed by atoms with van der Waals surface area (Å²) in [5, 5.41) is 12.0. The zero-order chi connectivity index (χ0) is 23.7. The Labute approximate surface area is 200 Å². The highest BCUT2D eigenvalue weighted by atomic mass is 32.2. The standard InChI is InChI=1S/C26H22N2O5S/c29-24(28-15-34-14-23(28)25(30)31)16-9-11-17(12-10-16)27-26(32)33-13-22-20-7-3-1-5-18(20)19-6-2-4-8-21(19)22/h1-12,22-23H,13-15H2,(H,27,32)(H,30,31)/t23-/m0/s1. The first-order chi connectivity index (χ1) is 16.5. The summed E-state index contributed by atoms with van der Waals surface area (Å²) >= 11 is 1.41. The number of fused-ring (bicyclic) bond motifs is 3. The molecule has 7 nitrogen and oxygen atoms in total. The van der Waals surface area contributed by atoms with E-state index in [9.17, 15) is 19.5 Å². The second kappa shape index (κ2) is 9.23. The van der Waals surface area contributed by atoms with Gasteiger partial charge in [-0.1, -0.05) is 48.5 Å². The molecule has 1 aliphatic carbocycles. The lowest BCUT2D eigenvalue weighted by Gasteiger charge is -2.20. The summed E-state index contributed by atoms with van der Waals surface area (Å²) in [7, 11) is 0. The van der Waals surface area contributed by atoms with E-state index >= 15 is 0 Å². The zero-order valence-corrected chi connectivity index (χ0v) is 19.0. The summed E-state index contributed by atoms with van der Waals surface area (Å²) in [4.78, 5) is 37.8. The topological polar surface area (TPSA) is 95.9 Å². The average molecular weight is 475 g/mol. The van der Waals surface area contributed by atoms with Crippen LogP contribution in [-0.4, -0.2) is 52.3 Å². The third-order valence-corrected chi connectivity index (χ3v) is 7.16. The molecular formula is C26H22N2O5S. The molecule has 1 atom stereocenters. The van der Waals surface area contributed by atoms with Crippen molar-refractivity contribution < 1.29 is 24.2 Å². The van der Waals surface area contributed by atoms with E-state index in [2.05, 4.69) is 29.6 Å². The molecular weight excluding hydrogens is 452 g/mol. The number of nitrogens with zero attached hydrogens (tertiary/aromatic N) is 1.